The van der Waals surface area contributed by atoms with E-state index in [-0.39, 0.29) is 23.8 Å². The highest BCUT2D eigenvalue weighted by Crippen LogP contribution is 2.41. The third kappa shape index (κ3) is 4.43. The molecular weight excluding hydrogens is 414 g/mol. The first kappa shape index (κ1) is 21.1. The van der Waals surface area contributed by atoms with Gasteiger partial charge in [-0.1, -0.05) is 6.07 Å². The van der Waals surface area contributed by atoms with Crippen molar-refractivity contribution in [3.05, 3.63) is 23.3 Å². The average Bonchev–Trinajstić information content (AvgIpc) is 3.50. The Morgan fingerprint density at radius 2 is 2.10 bits per heavy atom. The fourth-order valence-electron chi connectivity index (χ4n) is 5.12. The molecule has 5 rings (SSSR count). The second-order valence-electron chi connectivity index (χ2n) is 8.99. The van der Waals surface area contributed by atoms with Gasteiger partial charge in [0.2, 0.25) is 0 Å². The van der Waals surface area contributed by atoms with Crippen LogP contribution < -0.4 is 10.6 Å². The van der Waals surface area contributed by atoms with Gasteiger partial charge >= 0.3 is 5.97 Å². The van der Waals surface area contributed by atoms with Gasteiger partial charge in [-0.05, 0) is 37.0 Å². The molecule has 8 heteroatoms. The molecule has 3 aliphatic heterocycles. The predicted molar refractivity (Wildman–Crippen MR) is 123 cm³/mol. The van der Waals surface area contributed by atoms with Gasteiger partial charge in [-0.3, -0.25) is 9.79 Å². The Morgan fingerprint density at radius 3 is 2.84 bits per heavy atom. The van der Waals surface area contributed by atoms with Crippen LogP contribution in [0.25, 0.3) is 0 Å². The molecule has 1 aromatic carbocycles. The molecule has 1 aromatic rings. The molecule has 2 fully saturated rings. The first-order valence-electron chi connectivity index (χ1n) is 11.3. The molecule has 168 valence electrons. The highest BCUT2D eigenvalue weighted by Gasteiger charge is 2.40. The van der Waals surface area contributed by atoms with Gasteiger partial charge in [0, 0.05) is 31.1 Å². The van der Waals surface area contributed by atoms with Crippen molar-refractivity contribution in [3.8, 4) is 0 Å². The number of carbonyl (C=O) groups excluding carboxylic acids is 1. The van der Waals surface area contributed by atoms with Crippen LogP contribution in [0, 0.1) is 6.92 Å². The molecular formula is C23H31N3O4S. The third-order valence-corrected chi connectivity index (χ3v) is 7.93. The number of fused-ring (bicyclic) bond motifs is 1. The van der Waals surface area contributed by atoms with E-state index in [1.807, 2.05) is 0 Å². The maximum absolute atomic E-state index is 11.6. The highest BCUT2D eigenvalue weighted by atomic mass is 32.2. The summed E-state index contributed by atoms with van der Waals surface area (Å²) in [6.07, 6.45) is 5.27. The number of thioether (sulfide) groups is 1. The van der Waals surface area contributed by atoms with Crippen molar-refractivity contribution in [2.75, 3.05) is 36.7 Å². The Balaban J connectivity index is 1.25. The Labute approximate surface area is 187 Å². The number of rotatable bonds is 5. The molecule has 0 aromatic heterocycles. The van der Waals surface area contributed by atoms with E-state index >= 15 is 0 Å². The van der Waals surface area contributed by atoms with Crippen LogP contribution >= 0.6 is 11.8 Å². The van der Waals surface area contributed by atoms with Crippen LogP contribution in [-0.4, -0.2) is 61.0 Å². The van der Waals surface area contributed by atoms with Crippen molar-refractivity contribution >= 4 is 34.1 Å². The number of anilines is 2. The summed E-state index contributed by atoms with van der Waals surface area (Å²) < 4.78 is 16.6. The summed E-state index contributed by atoms with van der Waals surface area (Å²) in [5, 5.41) is 8.62. The van der Waals surface area contributed by atoms with Gasteiger partial charge in [-0.15, -0.1) is 11.8 Å². The fourth-order valence-corrected chi connectivity index (χ4v) is 6.24. The van der Waals surface area contributed by atoms with Crippen LogP contribution in [-0.2, 0) is 25.4 Å². The van der Waals surface area contributed by atoms with E-state index in [1.165, 1.54) is 29.6 Å². The Morgan fingerprint density at radius 1 is 1.32 bits per heavy atom. The van der Waals surface area contributed by atoms with Crippen molar-refractivity contribution < 1.29 is 19.0 Å². The summed E-state index contributed by atoms with van der Waals surface area (Å²) in [5.74, 6) is 0.328. The summed E-state index contributed by atoms with van der Waals surface area (Å²) >= 11 is 1.76. The average molecular weight is 446 g/mol. The molecule has 2 atom stereocenters. The molecule has 1 saturated carbocycles. The van der Waals surface area contributed by atoms with E-state index in [9.17, 15) is 4.79 Å². The second kappa shape index (κ2) is 8.64. The lowest BCUT2D eigenvalue weighted by Crippen LogP contribution is -2.39. The first-order valence-corrected chi connectivity index (χ1v) is 12.2. The topological polar surface area (TPSA) is 81.2 Å². The summed E-state index contributed by atoms with van der Waals surface area (Å²) in [5.41, 5.74) is 4.98. The zero-order valence-electron chi connectivity index (χ0n) is 18.2. The molecule has 1 aliphatic carbocycles. The molecule has 1 unspecified atom stereocenters. The van der Waals surface area contributed by atoms with E-state index in [4.69, 9.17) is 19.2 Å². The molecule has 2 N–H and O–H groups in total. The van der Waals surface area contributed by atoms with Crippen LogP contribution in [0.2, 0.25) is 0 Å². The smallest absolute Gasteiger partial charge is 0.307 e. The minimum absolute atomic E-state index is 0.0203. The maximum atomic E-state index is 11.6. The number of benzene rings is 1. The summed E-state index contributed by atoms with van der Waals surface area (Å²) in [7, 11) is 1.43. The lowest BCUT2D eigenvalue weighted by atomic mass is 9.89. The van der Waals surface area contributed by atoms with E-state index in [0.717, 1.165) is 56.1 Å². The number of hydrogen-bond acceptors (Lipinski definition) is 8. The zero-order valence-corrected chi connectivity index (χ0v) is 19.1. The Hall–Kier alpha value is -1.77. The lowest BCUT2D eigenvalue weighted by Gasteiger charge is -2.36. The highest BCUT2D eigenvalue weighted by molar-refractivity contribution is 8.14. The molecule has 4 aliphatic rings. The normalized spacial score (nSPS) is 27.1. The minimum Gasteiger partial charge on any atom is -0.469 e. The number of nitrogens with one attached hydrogen (secondary N) is 2. The quantitative estimate of drug-likeness (QED) is 0.671. The SMILES string of the molecule is COC(=O)C[C@@H]1CSC(C2Cc3cc(C)cc(NC4CCC5(CC4)OCCO5)c3N2)=N1. The van der Waals surface area contributed by atoms with Gasteiger partial charge in [-0.2, -0.15) is 0 Å². The number of hydrogen-bond donors (Lipinski definition) is 2. The van der Waals surface area contributed by atoms with Gasteiger partial charge in [0.05, 0.1) is 55.2 Å². The van der Waals surface area contributed by atoms with Crippen molar-refractivity contribution in [1.82, 2.24) is 0 Å². The van der Waals surface area contributed by atoms with E-state index in [0.29, 0.717) is 12.5 Å². The number of esters is 1. The monoisotopic (exact) mass is 445 g/mol. The van der Waals surface area contributed by atoms with Crippen LogP contribution in [0.3, 0.4) is 0 Å². The Kier molecular flexibility index (Phi) is 5.88. The molecule has 0 amide bonds. The van der Waals surface area contributed by atoms with Crippen molar-refractivity contribution in [2.45, 2.75) is 69.4 Å². The lowest BCUT2D eigenvalue weighted by molar-refractivity contribution is -0.177. The number of nitrogens with zero attached hydrogens (tertiary/aromatic N) is 1. The van der Waals surface area contributed by atoms with Gasteiger partial charge in [0.1, 0.15) is 0 Å². The summed E-state index contributed by atoms with van der Waals surface area (Å²) in [4.78, 5) is 16.4. The summed E-state index contributed by atoms with van der Waals surface area (Å²) in [6, 6.07) is 5.14. The van der Waals surface area contributed by atoms with Crippen LogP contribution in [0.4, 0.5) is 11.4 Å². The standard InChI is InChI=1S/C23H31N3O4S/c1-14-9-15-11-19(22-25-17(13-31-22)12-20(27)28-2)26-21(15)18(10-14)24-16-3-5-23(6-4-16)29-7-8-30-23/h9-10,16-17,19,24,26H,3-8,11-13H2,1-2H3/t17-,19?/m1/s1. The Bertz CT molecular complexity index is 874. The fraction of sp³-hybridized carbons (Fsp3) is 0.652. The van der Waals surface area contributed by atoms with Gasteiger partial charge < -0.3 is 24.8 Å². The molecule has 0 bridgehead atoms. The van der Waals surface area contributed by atoms with Crippen LogP contribution in [0.15, 0.2) is 17.1 Å². The van der Waals surface area contributed by atoms with Gasteiger partial charge in [-0.25, -0.2) is 0 Å². The molecule has 7 nitrogen and oxygen atoms in total. The number of carbonyl (C=O) groups is 1. The number of aliphatic imine (C=N–C) groups is 1. The van der Waals surface area contributed by atoms with Crippen LogP contribution in [0.1, 0.15) is 43.2 Å². The summed E-state index contributed by atoms with van der Waals surface area (Å²) in [6.45, 7) is 3.59. The molecule has 31 heavy (non-hydrogen) atoms. The first-order chi connectivity index (χ1) is 15.0. The number of methoxy groups -OCH3 is 1. The van der Waals surface area contributed by atoms with Crippen molar-refractivity contribution in [2.24, 2.45) is 4.99 Å². The van der Waals surface area contributed by atoms with Crippen molar-refractivity contribution in [3.63, 3.8) is 0 Å². The van der Waals surface area contributed by atoms with Crippen LogP contribution in [0.5, 0.6) is 0 Å². The van der Waals surface area contributed by atoms with E-state index in [1.54, 1.807) is 11.8 Å². The van der Waals surface area contributed by atoms with E-state index in [2.05, 4.69) is 29.7 Å². The van der Waals surface area contributed by atoms with Gasteiger partial charge in [0.15, 0.2) is 5.79 Å². The predicted octanol–water partition coefficient (Wildman–Crippen LogP) is 3.51. The third-order valence-electron chi connectivity index (χ3n) is 6.69. The van der Waals surface area contributed by atoms with E-state index < -0.39 is 0 Å². The number of aryl methyl sites for hydroxylation is 1. The molecule has 1 saturated heterocycles. The minimum atomic E-state index is -0.325. The second-order valence-corrected chi connectivity index (χ2v) is 10.0. The largest absolute Gasteiger partial charge is 0.469 e. The van der Waals surface area contributed by atoms with Gasteiger partial charge in [0.25, 0.3) is 0 Å². The molecule has 0 radical (unpaired) electrons. The zero-order chi connectivity index (χ0) is 21.4. The molecule has 1 spiro atoms. The maximum Gasteiger partial charge on any atom is 0.307 e. The molecule has 3 heterocycles. The number of ether oxygens (including phenoxy) is 3. The van der Waals surface area contributed by atoms with Crippen molar-refractivity contribution in [1.29, 1.82) is 0 Å².